The number of aromatic nitrogens is 1. The first-order valence-electron chi connectivity index (χ1n) is 7.53. The summed E-state index contributed by atoms with van der Waals surface area (Å²) in [6.45, 7) is 1.91. The number of aryl methyl sites for hydroxylation is 1. The van der Waals surface area contributed by atoms with Crippen molar-refractivity contribution in [2.75, 3.05) is 17.2 Å². The van der Waals surface area contributed by atoms with E-state index in [-0.39, 0.29) is 17.2 Å². The van der Waals surface area contributed by atoms with Gasteiger partial charge in [0.25, 0.3) is 5.91 Å². The van der Waals surface area contributed by atoms with E-state index in [0.717, 1.165) is 24.5 Å². The highest BCUT2D eigenvalue weighted by atomic mass is 19.4. The van der Waals surface area contributed by atoms with Gasteiger partial charge in [-0.15, -0.1) is 0 Å². The van der Waals surface area contributed by atoms with Gasteiger partial charge >= 0.3 is 6.18 Å². The molecule has 24 heavy (non-hydrogen) atoms. The first kappa shape index (κ1) is 16.3. The standard InChI is InChI=1S/C17H16F3N3O/c1-10-11(7-8-15(22-10)17(18,19)20)16(24)23-9-3-4-12-13(21)5-2-6-14(12)23/h2,5-8H,3-4,9,21H2,1H3. The van der Waals surface area contributed by atoms with Crippen molar-refractivity contribution in [3.8, 4) is 0 Å². The number of hydrogen-bond acceptors (Lipinski definition) is 3. The van der Waals surface area contributed by atoms with Gasteiger partial charge in [-0.3, -0.25) is 4.79 Å². The molecule has 126 valence electrons. The van der Waals surface area contributed by atoms with E-state index >= 15 is 0 Å². The van der Waals surface area contributed by atoms with Crippen molar-refractivity contribution in [1.82, 2.24) is 4.98 Å². The molecule has 1 aliphatic rings. The summed E-state index contributed by atoms with van der Waals surface area (Å²) in [6.07, 6.45) is -3.01. The molecular formula is C17H16F3N3O. The van der Waals surface area contributed by atoms with E-state index in [0.29, 0.717) is 17.9 Å². The van der Waals surface area contributed by atoms with Gasteiger partial charge in [-0.1, -0.05) is 6.07 Å². The summed E-state index contributed by atoms with van der Waals surface area (Å²) >= 11 is 0. The fraction of sp³-hybridized carbons (Fsp3) is 0.294. The summed E-state index contributed by atoms with van der Waals surface area (Å²) in [5.74, 6) is -0.361. The average molecular weight is 335 g/mol. The molecule has 0 saturated heterocycles. The van der Waals surface area contributed by atoms with Crippen molar-refractivity contribution < 1.29 is 18.0 Å². The lowest BCUT2D eigenvalue weighted by molar-refractivity contribution is -0.141. The van der Waals surface area contributed by atoms with Crippen LogP contribution in [0.25, 0.3) is 0 Å². The third-order valence-corrected chi connectivity index (χ3v) is 4.14. The highest BCUT2D eigenvalue weighted by molar-refractivity contribution is 6.07. The number of anilines is 2. The van der Waals surface area contributed by atoms with E-state index in [4.69, 9.17) is 5.73 Å². The van der Waals surface area contributed by atoms with E-state index < -0.39 is 11.9 Å². The minimum absolute atomic E-state index is 0.0610. The van der Waals surface area contributed by atoms with Crippen LogP contribution in [0.2, 0.25) is 0 Å². The lowest BCUT2D eigenvalue weighted by Gasteiger charge is -2.30. The van der Waals surface area contributed by atoms with E-state index in [1.807, 2.05) is 0 Å². The van der Waals surface area contributed by atoms with Gasteiger partial charge in [0, 0.05) is 17.9 Å². The monoisotopic (exact) mass is 335 g/mol. The molecule has 0 spiro atoms. The zero-order valence-corrected chi connectivity index (χ0v) is 13.0. The van der Waals surface area contributed by atoms with E-state index in [9.17, 15) is 18.0 Å². The van der Waals surface area contributed by atoms with Crippen LogP contribution in [-0.4, -0.2) is 17.4 Å². The molecule has 0 saturated carbocycles. The number of nitrogens with zero attached hydrogens (tertiary/aromatic N) is 2. The quantitative estimate of drug-likeness (QED) is 0.810. The van der Waals surface area contributed by atoms with Crippen LogP contribution in [0.15, 0.2) is 30.3 Å². The van der Waals surface area contributed by atoms with Gasteiger partial charge in [0.15, 0.2) is 0 Å². The molecule has 0 unspecified atom stereocenters. The largest absolute Gasteiger partial charge is 0.433 e. The second-order valence-corrected chi connectivity index (χ2v) is 5.73. The zero-order chi connectivity index (χ0) is 17.5. The number of nitrogen functional groups attached to an aromatic ring is 1. The third kappa shape index (κ3) is 2.81. The van der Waals surface area contributed by atoms with Crippen LogP contribution in [-0.2, 0) is 12.6 Å². The normalized spacial score (nSPS) is 14.4. The number of carbonyl (C=O) groups excluding carboxylic acids is 1. The van der Waals surface area contributed by atoms with E-state index in [1.54, 1.807) is 23.1 Å². The summed E-state index contributed by atoms with van der Waals surface area (Å²) in [7, 11) is 0. The second kappa shape index (κ2) is 5.81. The Morgan fingerprint density at radius 1 is 1.25 bits per heavy atom. The fourth-order valence-corrected chi connectivity index (χ4v) is 2.95. The van der Waals surface area contributed by atoms with Crippen LogP contribution in [0.1, 0.15) is 33.7 Å². The Hall–Kier alpha value is -2.57. The smallest absolute Gasteiger partial charge is 0.398 e. The summed E-state index contributed by atoms with van der Waals surface area (Å²) in [5, 5.41) is 0. The average Bonchev–Trinajstić information content (AvgIpc) is 2.53. The Morgan fingerprint density at radius 2 is 2.00 bits per heavy atom. The number of carbonyl (C=O) groups is 1. The van der Waals surface area contributed by atoms with Crippen molar-refractivity contribution >= 4 is 17.3 Å². The summed E-state index contributed by atoms with van der Waals surface area (Å²) in [5.41, 5.74) is 7.42. The molecule has 0 fully saturated rings. The van der Waals surface area contributed by atoms with Gasteiger partial charge in [-0.05, 0) is 49.6 Å². The van der Waals surface area contributed by atoms with Gasteiger partial charge in [0.05, 0.1) is 11.3 Å². The Bertz CT molecular complexity index is 802. The van der Waals surface area contributed by atoms with Crippen LogP contribution in [0.3, 0.4) is 0 Å². The lowest BCUT2D eigenvalue weighted by atomic mass is 9.99. The second-order valence-electron chi connectivity index (χ2n) is 5.73. The molecule has 7 heteroatoms. The molecule has 2 N–H and O–H groups in total. The van der Waals surface area contributed by atoms with E-state index in [2.05, 4.69) is 4.98 Å². The third-order valence-electron chi connectivity index (χ3n) is 4.14. The first-order valence-corrected chi connectivity index (χ1v) is 7.53. The first-order chi connectivity index (χ1) is 11.3. The van der Waals surface area contributed by atoms with Crippen LogP contribution in [0.5, 0.6) is 0 Å². The molecule has 0 bridgehead atoms. The highest BCUT2D eigenvalue weighted by Gasteiger charge is 2.33. The summed E-state index contributed by atoms with van der Waals surface area (Å²) in [6, 6.07) is 7.36. The minimum atomic E-state index is -4.53. The highest BCUT2D eigenvalue weighted by Crippen LogP contribution is 2.33. The van der Waals surface area contributed by atoms with Gasteiger partial charge in [0.1, 0.15) is 5.69 Å². The molecule has 2 heterocycles. The van der Waals surface area contributed by atoms with Crippen molar-refractivity contribution in [3.05, 3.63) is 52.8 Å². The number of alkyl halides is 3. The van der Waals surface area contributed by atoms with Crippen LogP contribution >= 0.6 is 0 Å². The number of benzene rings is 1. The maximum absolute atomic E-state index is 12.8. The number of amides is 1. The van der Waals surface area contributed by atoms with Gasteiger partial charge in [0.2, 0.25) is 0 Å². The molecule has 0 aliphatic carbocycles. The Balaban J connectivity index is 1.98. The Kier molecular flexibility index (Phi) is 3.95. The number of halogens is 3. The molecule has 0 radical (unpaired) electrons. The van der Waals surface area contributed by atoms with Crippen molar-refractivity contribution in [3.63, 3.8) is 0 Å². The maximum Gasteiger partial charge on any atom is 0.433 e. The molecule has 1 amide bonds. The van der Waals surface area contributed by atoms with Crippen molar-refractivity contribution in [2.45, 2.75) is 25.9 Å². The molecule has 2 aromatic rings. The van der Waals surface area contributed by atoms with Gasteiger partial charge < -0.3 is 10.6 Å². The summed E-state index contributed by atoms with van der Waals surface area (Å²) < 4.78 is 38.2. The number of fused-ring (bicyclic) bond motifs is 1. The number of hydrogen-bond donors (Lipinski definition) is 1. The number of rotatable bonds is 1. The Labute approximate surface area is 137 Å². The van der Waals surface area contributed by atoms with E-state index in [1.165, 1.54) is 13.0 Å². The molecule has 1 aromatic carbocycles. The predicted octanol–water partition coefficient (Wildman–Crippen LogP) is 3.58. The lowest BCUT2D eigenvalue weighted by Crippen LogP contribution is -2.36. The SMILES string of the molecule is Cc1nc(C(F)(F)F)ccc1C(=O)N1CCCc2c(N)cccc21. The van der Waals surface area contributed by atoms with Gasteiger partial charge in [-0.25, -0.2) is 4.98 Å². The Morgan fingerprint density at radius 3 is 2.67 bits per heavy atom. The molecule has 3 rings (SSSR count). The van der Waals surface area contributed by atoms with Crippen molar-refractivity contribution in [2.24, 2.45) is 0 Å². The van der Waals surface area contributed by atoms with Crippen LogP contribution < -0.4 is 10.6 Å². The van der Waals surface area contributed by atoms with Crippen LogP contribution in [0, 0.1) is 6.92 Å². The number of pyridine rings is 1. The zero-order valence-electron chi connectivity index (χ0n) is 13.0. The van der Waals surface area contributed by atoms with Crippen molar-refractivity contribution in [1.29, 1.82) is 0 Å². The van der Waals surface area contributed by atoms with Crippen LogP contribution in [0.4, 0.5) is 24.5 Å². The number of nitrogens with two attached hydrogens (primary N) is 1. The topological polar surface area (TPSA) is 59.2 Å². The molecule has 4 nitrogen and oxygen atoms in total. The van der Waals surface area contributed by atoms with Gasteiger partial charge in [-0.2, -0.15) is 13.2 Å². The summed E-state index contributed by atoms with van der Waals surface area (Å²) in [4.78, 5) is 17.9. The fourth-order valence-electron chi connectivity index (χ4n) is 2.95. The maximum atomic E-state index is 12.8. The molecule has 0 atom stereocenters. The predicted molar refractivity (Wildman–Crippen MR) is 84.8 cm³/mol. The molecule has 1 aliphatic heterocycles. The molecular weight excluding hydrogens is 319 g/mol. The minimum Gasteiger partial charge on any atom is -0.398 e. The molecule has 1 aromatic heterocycles.